The standard InChI is InChI=1S/C17H20BrNO/c1-12-4-7-14(18)11-16(12)17(19-2)10-13-5-8-15(20-3)9-6-13/h4-9,11,17,19H,10H2,1-3H3. The maximum atomic E-state index is 5.20. The van der Waals surface area contributed by atoms with Crippen LogP contribution in [-0.2, 0) is 6.42 Å². The number of benzene rings is 2. The third kappa shape index (κ3) is 3.62. The molecule has 2 aromatic rings. The molecule has 2 rings (SSSR count). The number of hydrogen-bond donors (Lipinski definition) is 1. The molecule has 106 valence electrons. The smallest absolute Gasteiger partial charge is 0.118 e. The zero-order valence-corrected chi connectivity index (χ0v) is 13.7. The van der Waals surface area contributed by atoms with Crippen molar-refractivity contribution in [3.63, 3.8) is 0 Å². The molecule has 0 radical (unpaired) electrons. The van der Waals surface area contributed by atoms with Crippen LogP contribution in [0.25, 0.3) is 0 Å². The van der Waals surface area contributed by atoms with E-state index >= 15 is 0 Å². The van der Waals surface area contributed by atoms with Crippen molar-refractivity contribution in [3.05, 3.63) is 63.6 Å². The van der Waals surface area contributed by atoms with Crippen molar-refractivity contribution in [1.29, 1.82) is 0 Å². The van der Waals surface area contributed by atoms with Crippen molar-refractivity contribution in [3.8, 4) is 5.75 Å². The van der Waals surface area contributed by atoms with Gasteiger partial charge in [-0.25, -0.2) is 0 Å². The van der Waals surface area contributed by atoms with Crippen molar-refractivity contribution < 1.29 is 4.74 Å². The van der Waals surface area contributed by atoms with Gasteiger partial charge in [0.1, 0.15) is 5.75 Å². The van der Waals surface area contributed by atoms with Gasteiger partial charge in [-0.05, 0) is 61.3 Å². The van der Waals surface area contributed by atoms with E-state index in [2.05, 4.69) is 58.5 Å². The SMILES string of the molecule is CNC(Cc1ccc(OC)cc1)c1cc(Br)ccc1C. The number of hydrogen-bond acceptors (Lipinski definition) is 2. The van der Waals surface area contributed by atoms with Crippen LogP contribution in [0.15, 0.2) is 46.9 Å². The first kappa shape index (κ1) is 15.1. The summed E-state index contributed by atoms with van der Waals surface area (Å²) < 4.78 is 6.32. The van der Waals surface area contributed by atoms with Crippen molar-refractivity contribution in [2.24, 2.45) is 0 Å². The zero-order valence-electron chi connectivity index (χ0n) is 12.1. The average molecular weight is 334 g/mol. The first-order valence-corrected chi connectivity index (χ1v) is 7.49. The van der Waals surface area contributed by atoms with E-state index < -0.39 is 0 Å². The first-order valence-electron chi connectivity index (χ1n) is 6.70. The van der Waals surface area contributed by atoms with Gasteiger partial charge in [-0.1, -0.05) is 34.1 Å². The van der Waals surface area contributed by atoms with Gasteiger partial charge < -0.3 is 10.1 Å². The molecule has 20 heavy (non-hydrogen) atoms. The Morgan fingerprint density at radius 3 is 2.45 bits per heavy atom. The summed E-state index contributed by atoms with van der Waals surface area (Å²) in [6, 6.07) is 15.0. The summed E-state index contributed by atoms with van der Waals surface area (Å²) in [6.07, 6.45) is 0.956. The summed E-state index contributed by atoms with van der Waals surface area (Å²) in [7, 11) is 3.70. The molecule has 0 bridgehead atoms. The lowest BCUT2D eigenvalue weighted by Gasteiger charge is -2.19. The molecule has 2 nitrogen and oxygen atoms in total. The molecular weight excluding hydrogens is 314 g/mol. The van der Waals surface area contributed by atoms with E-state index in [0.29, 0.717) is 6.04 Å². The van der Waals surface area contributed by atoms with Gasteiger partial charge in [0.25, 0.3) is 0 Å². The molecule has 0 saturated carbocycles. The highest BCUT2D eigenvalue weighted by Crippen LogP contribution is 2.25. The molecule has 0 aliphatic heterocycles. The van der Waals surface area contributed by atoms with E-state index in [1.807, 2.05) is 19.2 Å². The molecular formula is C17H20BrNO. The second-order valence-electron chi connectivity index (χ2n) is 4.89. The number of likely N-dealkylation sites (N-methyl/N-ethyl adjacent to an activating group) is 1. The first-order chi connectivity index (χ1) is 9.63. The molecule has 1 atom stereocenters. The molecule has 0 spiro atoms. The maximum absolute atomic E-state index is 5.20. The fourth-order valence-corrected chi connectivity index (χ4v) is 2.73. The van der Waals surface area contributed by atoms with E-state index in [0.717, 1.165) is 16.6 Å². The Bertz CT molecular complexity index is 566. The molecule has 0 heterocycles. The quantitative estimate of drug-likeness (QED) is 0.882. The van der Waals surface area contributed by atoms with Crippen molar-refractivity contribution in [2.75, 3.05) is 14.2 Å². The number of halogens is 1. The Morgan fingerprint density at radius 2 is 1.85 bits per heavy atom. The Balaban J connectivity index is 2.21. The van der Waals surface area contributed by atoms with Crippen LogP contribution in [0.1, 0.15) is 22.7 Å². The second-order valence-corrected chi connectivity index (χ2v) is 5.81. The summed E-state index contributed by atoms with van der Waals surface area (Å²) in [6.45, 7) is 2.15. The highest BCUT2D eigenvalue weighted by Gasteiger charge is 2.13. The molecule has 0 aliphatic carbocycles. The van der Waals surface area contributed by atoms with Crippen molar-refractivity contribution >= 4 is 15.9 Å². The van der Waals surface area contributed by atoms with Crippen LogP contribution in [-0.4, -0.2) is 14.2 Å². The second kappa shape index (κ2) is 6.91. The molecule has 1 unspecified atom stereocenters. The number of aryl methyl sites for hydroxylation is 1. The average Bonchev–Trinajstić information content (AvgIpc) is 2.48. The molecule has 2 aromatic carbocycles. The highest BCUT2D eigenvalue weighted by atomic mass is 79.9. The summed E-state index contributed by atoms with van der Waals surface area (Å²) in [5.74, 6) is 0.897. The maximum Gasteiger partial charge on any atom is 0.118 e. The van der Waals surface area contributed by atoms with Gasteiger partial charge in [0.05, 0.1) is 7.11 Å². The lowest BCUT2D eigenvalue weighted by atomic mass is 9.95. The highest BCUT2D eigenvalue weighted by molar-refractivity contribution is 9.10. The Hall–Kier alpha value is -1.32. The largest absolute Gasteiger partial charge is 0.497 e. The number of nitrogens with one attached hydrogen (secondary N) is 1. The topological polar surface area (TPSA) is 21.3 Å². The molecule has 0 amide bonds. The van der Waals surface area contributed by atoms with Crippen LogP contribution < -0.4 is 10.1 Å². The fourth-order valence-electron chi connectivity index (χ4n) is 2.35. The van der Waals surface area contributed by atoms with Gasteiger partial charge >= 0.3 is 0 Å². The van der Waals surface area contributed by atoms with Crippen LogP contribution in [0.5, 0.6) is 5.75 Å². The summed E-state index contributed by atoms with van der Waals surface area (Å²) in [4.78, 5) is 0. The van der Waals surface area contributed by atoms with Crippen LogP contribution in [0.3, 0.4) is 0 Å². The minimum absolute atomic E-state index is 0.306. The molecule has 0 aliphatic rings. The molecule has 0 aromatic heterocycles. The van der Waals surface area contributed by atoms with Crippen LogP contribution >= 0.6 is 15.9 Å². The summed E-state index contributed by atoms with van der Waals surface area (Å²) in [5.41, 5.74) is 3.93. The Labute approximate surface area is 129 Å². The Kier molecular flexibility index (Phi) is 5.21. The van der Waals surface area contributed by atoms with E-state index in [1.54, 1.807) is 7.11 Å². The van der Waals surface area contributed by atoms with Gasteiger partial charge in [0.2, 0.25) is 0 Å². The molecule has 0 saturated heterocycles. The van der Waals surface area contributed by atoms with Crippen LogP contribution in [0.2, 0.25) is 0 Å². The van der Waals surface area contributed by atoms with E-state index in [4.69, 9.17) is 4.74 Å². The number of ether oxygens (including phenoxy) is 1. The minimum Gasteiger partial charge on any atom is -0.497 e. The third-order valence-electron chi connectivity index (χ3n) is 3.56. The normalized spacial score (nSPS) is 12.2. The predicted octanol–water partition coefficient (Wildman–Crippen LogP) is 4.27. The van der Waals surface area contributed by atoms with Crippen molar-refractivity contribution in [1.82, 2.24) is 5.32 Å². The third-order valence-corrected chi connectivity index (χ3v) is 4.06. The number of rotatable bonds is 5. The van der Waals surface area contributed by atoms with E-state index in [1.165, 1.54) is 16.7 Å². The monoisotopic (exact) mass is 333 g/mol. The van der Waals surface area contributed by atoms with E-state index in [-0.39, 0.29) is 0 Å². The minimum atomic E-state index is 0.306. The molecule has 0 fully saturated rings. The predicted molar refractivity (Wildman–Crippen MR) is 87.4 cm³/mol. The van der Waals surface area contributed by atoms with Crippen LogP contribution in [0.4, 0.5) is 0 Å². The van der Waals surface area contributed by atoms with Gasteiger partial charge in [-0.3, -0.25) is 0 Å². The number of methoxy groups -OCH3 is 1. The fraction of sp³-hybridized carbons (Fsp3) is 0.294. The summed E-state index contributed by atoms with van der Waals surface area (Å²) in [5, 5.41) is 3.41. The lowest BCUT2D eigenvalue weighted by molar-refractivity contribution is 0.414. The van der Waals surface area contributed by atoms with E-state index in [9.17, 15) is 0 Å². The van der Waals surface area contributed by atoms with Gasteiger partial charge in [0.15, 0.2) is 0 Å². The van der Waals surface area contributed by atoms with Gasteiger partial charge in [-0.15, -0.1) is 0 Å². The molecule has 1 N–H and O–H groups in total. The van der Waals surface area contributed by atoms with Crippen molar-refractivity contribution in [2.45, 2.75) is 19.4 Å². The molecule has 3 heteroatoms. The summed E-state index contributed by atoms with van der Waals surface area (Å²) >= 11 is 3.55. The van der Waals surface area contributed by atoms with Gasteiger partial charge in [-0.2, -0.15) is 0 Å². The Morgan fingerprint density at radius 1 is 1.15 bits per heavy atom. The van der Waals surface area contributed by atoms with Gasteiger partial charge in [0, 0.05) is 10.5 Å². The lowest BCUT2D eigenvalue weighted by Crippen LogP contribution is -2.19. The van der Waals surface area contributed by atoms with Crippen LogP contribution in [0, 0.1) is 6.92 Å². The zero-order chi connectivity index (χ0) is 14.5.